The van der Waals surface area contributed by atoms with Crippen molar-refractivity contribution in [2.45, 2.75) is 33.1 Å². The molecule has 0 radical (unpaired) electrons. The first-order valence-corrected chi connectivity index (χ1v) is 7.13. The number of hydrogen-bond donors (Lipinski definition) is 0. The molecule has 1 aromatic rings. The lowest BCUT2D eigenvalue weighted by molar-refractivity contribution is -0.122. The van der Waals surface area contributed by atoms with Crippen LogP contribution in [-0.4, -0.2) is 11.8 Å². The van der Waals surface area contributed by atoms with Crippen LogP contribution >= 0.6 is 0 Å². The summed E-state index contributed by atoms with van der Waals surface area (Å²) < 4.78 is 13.4. The lowest BCUT2D eigenvalue weighted by Crippen LogP contribution is -2.31. The smallest absolute Gasteiger partial charge is 0.237 e. The molecule has 1 saturated carbocycles. The van der Waals surface area contributed by atoms with Gasteiger partial charge in [-0.15, -0.1) is 0 Å². The highest BCUT2D eigenvalue weighted by Crippen LogP contribution is 2.42. The van der Waals surface area contributed by atoms with E-state index in [9.17, 15) is 14.0 Å². The summed E-state index contributed by atoms with van der Waals surface area (Å²) in [6.07, 6.45) is 2.51. The van der Waals surface area contributed by atoms with Gasteiger partial charge in [-0.2, -0.15) is 0 Å². The van der Waals surface area contributed by atoms with Crippen LogP contribution in [0, 0.1) is 30.5 Å². The molecule has 3 rings (SSSR count). The molecule has 4 heteroatoms. The molecule has 2 amide bonds. The van der Waals surface area contributed by atoms with E-state index in [0.717, 1.165) is 24.8 Å². The summed E-state index contributed by atoms with van der Waals surface area (Å²) in [5.41, 5.74) is 1.15. The molecule has 1 heterocycles. The Morgan fingerprint density at radius 2 is 1.85 bits per heavy atom. The average molecular weight is 275 g/mol. The van der Waals surface area contributed by atoms with E-state index in [1.807, 2.05) is 0 Å². The number of imide groups is 1. The van der Waals surface area contributed by atoms with E-state index in [4.69, 9.17) is 0 Å². The molecular formula is C16H18FNO2. The predicted molar refractivity (Wildman–Crippen MR) is 73.6 cm³/mol. The average Bonchev–Trinajstić information content (AvgIpc) is 2.65. The lowest BCUT2D eigenvalue weighted by atomic mass is 9.76. The SMILES string of the molecule is Cc1ccc(F)cc1N1C(=O)[C@H]2CC[C@H](C)C[C@H]2C1=O. The topological polar surface area (TPSA) is 37.4 Å². The number of carbonyl (C=O) groups is 2. The third-order valence-electron chi connectivity index (χ3n) is 4.60. The van der Waals surface area contributed by atoms with Crippen molar-refractivity contribution in [3.05, 3.63) is 29.6 Å². The van der Waals surface area contributed by atoms with Crippen LogP contribution in [0.15, 0.2) is 18.2 Å². The quantitative estimate of drug-likeness (QED) is 0.739. The molecule has 0 bridgehead atoms. The summed E-state index contributed by atoms with van der Waals surface area (Å²) in [7, 11) is 0. The summed E-state index contributed by atoms with van der Waals surface area (Å²) in [5, 5.41) is 0. The number of carbonyl (C=O) groups excluding carboxylic acids is 2. The Balaban J connectivity index is 2.00. The van der Waals surface area contributed by atoms with Crippen molar-refractivity contribution in [1.29, 1.82) is 0 Å². The minimum Gasteiger partial charge on any atom is -0.274 e. The van der Waals surface area contributed by atoms with E-state index in [0.29, 0.717) is 11.6 Å². The summed E-state index contributed by atoms with van der Waals surface area (Å²) in [6, 6.07) is 4.24. The highest BCUT2D eigenvalue weighted by Gasteiger charge is 2.50. The Labute approximate surface area is 117 Å². The number of fused-ring (bicyclic) bond motifs is 1. The lowest BCUT2D eigenvalue weighted by Gasteiger charge is -2.25. The van der Waals surface area contributed by atoms with E-state index in [1.54, 1.807) is 13.0 Å². The van der Waals surface area contributed by atoms with E-state index in [-0.39, 0.29) is 23.7 Å². The second-order valence-electron chi connectivity index (χ2n) is 6.07. The van der Waals surface area contributed by atoms with E-state index in [1.165, 1.54) is 17.0 Å². The van der Waals surface area contributed by atoms with Crippen molar-refractivity contribution in [2.24, 2.45) is 17.8 Å². The number of benzene rings is 1. The third-order valence-corrected chi connectivity index (χ3v) is 4.60. The molecule has 1 saturated heterocycles. The van der Waals surface area contributed by atoms with Crippen molar-refractivity contribution in [1.82, 2.24) is 0 Å². The fourth-order valence-electron chi connectivity index (χ4n) is 3.45. The van der Waals surface area contributed by atoms with Crippen molar-refractivity contribution < 1.29 is 14.0 Å². The predicted octanol–water partition coefficient (Wildman–Crippen LogP) is 3.06. The molecule has 0 aromatic heterocycles. The molecule has 1 aliphatic heterocycles. The van der Waals surface area contributed by atoms with Crippen LogP contribution < -0.4 is 4.90 Å². The molecule has 2 fully saturated rings. The van der Waals surface area contributed by atoms with E-state index >= 15 is 0 Å². The van der Waals surface area contributed by atoms with Gasteiger partial charge in [-0.05, 0) is 49.8 Å². The van der Waals surface area contributed by atoms with Crippen LogP contribution in [0.25, 0.3) is 0 Å². The molecule has 2 aliphatic rings. The van der Waals surface area contributed by atoms with Crippen LogP contribution in [0.5, 0.6) is 0 Å². The highest BCUT2D eigenvalue weighted by atomic mass is 19.1. The number of aryl methyl sites for hydroxylation is 1. The van der Waals surface area contributed by atoms with Gasteiger partial charge in [0.2, 0.25) is 11.8 Å². The number of amides is 2. The minimum absolute atomic E-state index is 0.152. The Kier molecular flexibility index (Phi) is 3.11. The van der Waals surface area contributed by atoms with E-state index in [2.05, 4.69) is 6.92 Å². The van der Waals surface area contributed by atoms with Crippen molar-refractivity contribution in [3.63, 3.8) is 0 Å². The molecule has 20 heavy (non-hydrogen) atoms. The van der Waals surface area contributed by atoms with Gasteiger partial charge in [0.05, 0.1) is 17.5 Å². The Morgan fingerprint density at radius 1 is 1.15 bits per heavy atom. The van der Waals surface area contributed by atoms with Crippen molar-refractivity contribution >= 4 is 17.5 Å². The van der Waals surface area contributed by atoms with Crippen LogP contribution in [-0.2, 0) is 9.59 Å². The van der Waals surface area contributed by atoms with Crippen LogP contribution in [0.2, 0.25) is 0 Å². The normalized spacial score (nSPS) is 29.8. The van der Waals surface area contributed by atoms with Gasteiger partial charge in [0.15, 0.2) is 0 Å². The number of hydrogen-bond acceptors (Lipinski definition) is 2. The molecule has 106 valence electrons. The molecule has 3 atom stereocenters. The van der Waals surface area contributed by atoms with Gasteiger partial charge >= 0.3 is 0 Å². The fourth-order valence-corrected chi connectivity index (χ4v) is 3.45. The summed E-state index contributed by atoms with van der Waals surface area (Å²) >= 11 is 0. The maximum Gasteiger partial charge on any atom is 0.237 e. The first kappa shape index (κ1) is 13.3. The zero-order chi connectivity index (χ0) is 14.4. The summed E-state index contributed by atoms with van der Waals surface area (Å²) in [5.74, 6) is -0.674. The molecular weight excluding hydrogens is 257 g/mol. The molecule has 0 N–H and O–H groups in total. The first-order valence-electron chi connectivity index (χ1n) is 7.13. The maximum atomic E-state index is 13.4. The van der Waals surface area contributed by atoms with Gasteiger partial charge in [0.25, 0.3) is 0 Å². The maximum absolute atomic E-state index is 13.4. The van der Waals surface area contributed by atoms with Gasteiger partial charge in [-0.25, -0.2) is 9.29 Å². The first-order chi connectivity index (χ1) is 9.49. The molecule has 0 spiro atoms. The Morgan fingerprint density at radius 3 is 2.60 bits per heavy atom. The van der Waals surface area contributed by atoms with Gasteiger partial charge in [0.1, 0.15) is 5.82 Å². The third kappa shape index (κ3) is 1.94. The highest BCUT2D eigenvalue weighted by molar-refractivity contribution is 6.22. The second kappa shape index (κ2) is 4.69. The van der Waals surface area contributed by atoms with Crippen LogP contribution in [0.3, 0.4) is 0 Å². The minimum atomic E-state index is -0.422. The molecule has 3 nitrogen and oxygen atoms in total. The van der Waals surface area contributed by atoms with Gasteiger partial charge in [-0.1, -0.05) is 13.0 Å². The molecule has 0 unspecified atom stereocenters. The van der Waals surface area contributed by atoms with Gasteiger partial charge < -0.3 is 0 Å². The van der Waals surface area contributed by atoms with E-state index < -0.39 is 5.82 Å². The summed E-state index contributed by atoms with van der Waals surface area (Å²) in [4.78, 5) is 26.3. The monoisotopic (exact) mass is 275 g/mol. The fraction of sp³-hybridized carbons (Fsp3) is 0.500. The number of halogens is 1. The number of nitrogens with zero attached hydrogens (tertiary/aromatic N) is 1. The summed E-state index contributed by atoms with van der Waals surface area (Å²) in [6.45, 7) is 3.91. The van der Waals surface area contributed by atoms with Crippen molar-refractivity contribution in [3.8, 4) is 0 Å². The van der Waals surface area contributed by atoms with Gasteiger partial charge in [0, 0.05) is 0 Å². The molecule has 1 aromatic carbocycles. The number of anilines is 1. The van der Waals surface area contributed by atoms with Crippen LogP contribution in [0.1, 0.15) is 31.7 Å². The second-order valence-corrected chi connectivity index (χ2v) is 6.07. The zero-order valence-electron chi connectivity index (χ0n) is 11.7. The van der Waals surface area contributed by atoms with Crippen LogP contribution in [0.4, 0.5) is 10.1 Å². The Bertz CT molecular complexity index is 584. The Hall–Kier alpha value is -1.71. The standard InChI is InChI=1S/C16H18FNO2/c1-9-3-6-12-13(7-9)16(20)18(15(12)19)14-8-11(17)5-4-10(14)2/h4-5,8-9,12-13H,3,6-7H2,1-2H3/t9-,12-,13+/m0/s1. The van der Waals surface area contributed by atoms with Crippen molar-refractivity contribution in [2.75, 3.05) is 4.90 Å². The number of rotatable bonds is 1. The molecule has 1 aliphatic carbocycles. The zero-order valence-corrected chi connectivity index (χ0v) is 11.7. The van der Waals surface area contributed by atoms with Gasteiger partial charge in [-0.3, -0.25) is 9.59 Å². The largest absolute Gasteiger partial charge is 0.274 e.